The maximum absolute atomic E-state index is 10.4. The summed E-state index contributed by atoms with van der Waals surface area (Å²) in [5.41, 5.74) is 0.979. The smallest absolute Gasteiger partial charge is 0.266 e. The van der Waals surface area contributed by atoms with Gasteiger partial charge in [-0.15, -0.1) is 0 Å². The van der Waals surface area contributed by atoms with Gasteiger partial charge in [0.05, 0.1) is 5.75 Å². The van der Waals surface area contributed by atoms with Crippen molar-refractivity contribution in [3.05, 3.63) is 42.8 Å². The van der Waals surface area contributed by atoms with Gasteiger partial charge in [-0.1, -0.05) is 30.3 Å². The van der Waals surface area contributed by atoms with E-state index in [0.717, 1.165) is 5.56 Å². The molecule has 0 aliphatic heterocycles. The SMILES string of the molecule is [CH2]C(NCCS(=O)(=O)O)c1ccccc1. The third kappa shape index (κ3) is 4.92. The van der Waals surface area contributed by atoms with Crippen molar-refractivity contribution < 1.29 is 13.0 Å². The van der Waals surface area contributed by atoms with E-state index in [0.29, 0.717) is 0 Å². The first-order chi connectivity index (χ1) is 6.99. The highest BCUT2D eigenvalue weighted by Crippen LogP contribution is 2.09. The molecule has 0 amide bonds. The van der Waals surface area contributed by atoms with Crippen molar-refractivity contribution in [1.29, 1.82) is 0 Å². The Kier molecular flexibility index (Phi) is 4.26. The molecule has 0 aromatic heterocycles. The zero-order valence-corrected chi connectivity index (χ0v) is 9.07. The molecule has 0 bridgehead atoms. The fourth-order valence-electron chi connectivity index (χ4n) is 1.17. The van der Waals surface area contributed by atoms with Crippen LogP contribution in [0.1, 0.15) is 11.6 Å². The van der Waals surface area contributed by atoms with Gasteiger partial charge < -0.3 is 5.32 Å². The predicted molar refractivity (Wildman–Crippen MR) is 59.0 cm³/mol. The summed E-state index contributed by atoms with van der Waals surface area (Å²) in [6, 6.07) is 9.30. The summed E-state index contributed by atoms with van der Waals surface area (Å²) < 4.78 is 29.4. The third-order valence-electron chi connectivity index (χ3n) is 1.95. The standard InChI is InChI=1S/C10H14NO3S/c1-9(10-5-3-2-4-6-10)11-7-8-15(12,13)14/h2-6,9,11H,1,7-8H2,(H,12,13,14). The average Bonchev–Trinajstić information content (AvgIpc) is 2.17. The Balaban J connectivity index is 2.41. The lowest BCUT2D eigenvalue weighted by molar-refractivity contribution is 0.479. The van der Waals surface area contributed by atoms with Gasteiger partial charge in [0, 0.05) is 12.6 Å². The number of rotatable bonds is 5. The molecule has 0 fully saturated rings. The van der Waals surface area contributed by atoms with Crippen LogP contribution in [0.3, 0.4) is 0 Å². The summed E-state index contributed by atoms with van der Waals surface area (Å²) in [6.07, 6.45) is 0. The van der Waals surface area contributed by atoms with Gasteiger partial charge in [0.25, 0.3) is 10.1 Å². The Hall–Kier alpha value is -0.910. The Morgan fingerprint density at radius 1 is 1.33 bits per heavy atom. The van der Waals surface area contributed by atoms with E-state index in [1.54, 1.807) is 0 Å². The molecule has 0 aliphatic carbocycles. The van der Waals surface area contributed by atoms with Crippen molar-refractivity contribution >= 4 is 10.1 Å². The maximum Gasteiger partial charge on any atom is 0.266 e. The first-order valence-corrected chi connectivity index (χ1v) is 6.16. The highest BCUT2D eigenvalue weighted by Gasteiger charge is 2.07. The zero-order valence-electron chi connectivity index (χ0n) is 8.26. The van der Waals surface area contributed by atoms with E-state index in [4.69, 9.17) is 4.55 Å². The third-order valence-corrected chi connectivity index (χ3v) is 2.67. The lowest BCUT2D eigenvalue weighted by atomic mass is 10.1. The molecule has 0 heterocycles. The van der Waals surface area contributed by atoms with Gasteiger partial charge in [-0.25, -0.2) is 0 Å². The van der Waals surface area contributed by atoms with Crippen molar-refractivity contribution in [3.8, 4) is 0 Å². The minimum absolute atomic E-state index is 0.173. The fraction of sp³-hybridized carbons (Fsp3) is 0.300. The minimum atomic E-state index is -3.89. The van der Waals surface area contributed by atoms with Crippen LogP contribution >= 0.6 is 0 Å². The minimum Gasteiger partial charge on any atom is -0.309 e. The fourth-order valence-corrected chi connectivity index (χ4v) is 1.54. The van der Waals surface area contributed by atoms with E-state index in [1.807, 2.05) is 30.3 Å². The molecule has 0 spiro atoms. The molecule has 15 heavy (non-hydrogen) atoms. The quantitative estimate of drug-likeness (QED) is 0.739. The summed E-state index contributed by atoms with van der Waals surface area (Å²) >= 11 is 0. The van der Waals surface area contributed by atoms with Crippen molar-refractivity contribution in [2.75, 3.05) is 12.3 Å². The van der Waals surface area contributed by atoms with Crippen LogP contribution in [0.5, 0.6) is 0 Å². The molecule has 83 valence electrons. The molecular weight excluding hydrogens is 214 g/mol. The van der Waals surface area contributed by atoms with Gasteiger partial charge in [-0.05, 0) is 12.5 Å². The summed E-state index contributed by atoms with van der Waals surface area (Å²) in [7, 11) is -3.89. The Labute approximate surface area is 90.1 Å². The molecule has 4 nitrogen and oxygen atoms in total. The second-order valence-electron chi connectivity index (χ2n) is 3.20. The Morgan fingerprint density at radius 3 is 2.47 bits per heavy atom. The number of benzene rings is 1. The molecule has 1 rings (SSSR count). The van der Waals surface area contributed by atoms with Crippen LogP contribution in [0.4, 0.5) is 0 Å². The van der Waals surface area contributed by atoms with E-state index in [9.17, 15) is 8.42 Å². The van der Waals surface area contributed by atoms with E-state index in [1.165, 1.54) is 0 Å². The van der Waals surface area contributed by atoms with Gasteiger partial charge >= 0.3 is 0 Å². The Bertz CT molecular complexity index is 388. The topological polar surface area (TPSA) is 66.4 Å². The van der Waals surface area contributed by atoms with Crippen LogP contribution in [0.25, 0.3) is 0 Å². The molecular formula is C10H14NO3S. The largest absolute Gasteiger partial charge is 0.309 e. The number of hydrogen-bond acceptors (Lipinski definition) is 3. The second kappa shape index (κ2) is 5.25. The van der Waals surface area contributed by atoms with E-state index < -0.39 is 10.1 Å². The molecule has 1 unspecified atom stereocenters. The van der Waals surface area contributed by atoms with Gasteiger partial charge in [0.15, 0.2) is 0 Å². The van der Waals surface area contributed by atoms with Crippen molar-refractivity contribution in [2.45, 2.75) is 6.04 Å². The van der Waals surface area contributed by atoms with E-state index in [2.05, 4.69) is 12.2 Å². The summed E-state index contributed by atoms with van der Waals surface area (Å²) in [4.78, 5) is 0. The van der Waals surface area contributed by atoms with Crippen molar-refractivity contribution in [1.82, 2.24) is 5.32 Å². The predicted octanol–water partition coefficient (Wildman–Crippen LogP) is 1.04. The molecule has 2 N–H and O–H groups in total. The first kappa shape index (κ1) is 12.2. The number of nitrogens with one attached hydrogen (secondary N) is 1. The van der Waals surface area contributed by atoms with Gasteiger partial charge in [-0.2, -0.15) is 8.42 Å². The van der Waals surface area contributed by atoms with Crippen LogP contribution in [-0.4, -0.2) is 25.3 Å². The normalized spacial score (nSPS) is 13.7. The first-order valence-electron chi connectivity index (χ1n) is 4.55. The lowest BCUT2D eigenvalue weighted by Gasteiger charge is -2.12. The van der Waals surface area contributed by atoms with Crippen LogP contribution in [0.2, 0.25) is 0 Å². The highest BCUT2D eigenvalue weighted by atomic mass is 32.2. The Morgan fingerprint density at radius 2 is 1.93 bits per heavy atom. The average molecular weight is 228 g/mol. The summed E-state index contributed by atoms with van der Waals surface area (Å²) in [6.45, 7) is 4.02. The van der Waals surface area contributed by atoms with Crippen LogP contribution in [0, 0.1) is 6.92 Å². The molecule has 1 atom stereocenters. The molecule has 0 aliphatic rings. The van der Waals surface area contributed by atoms with E-state index >= 15 is 0 Å². The van der Waals surface area contributed by atoms with E-state index in [-0.39, 0.29) is 18.3 Å². The van der Waals surface area contributed by atoms with Crippen molar-refractivity contribution in [3.63, 3.8) is 0 Å². The van der Waals surface area contributed by atoms with Gasteiger partial charge in [0.2, 0.25) is 0 Å². The van der Waals surface area contributed by atoms with Crippen LogP contribution in [-0.2, 0) is 10.1 Å². The highest BCUT2D eigenvalue weighted by molar-refractivity contribution is 7.85. The monoisotopic (exact) mass is 228 g/mol. The molecule has 5 heteroatoms. The lowest BCUT2D eigenvalue weighted by Crippen LogP contribution is -2.25. The summed E-state index contributed by atoms with van der Waals surface area (Å²) in [5.74, 6) is -0.300. The second-order valence-corrected chi connectivity index (χ2v) is 4.78. The van der Waals surface area contributed by atoms with Crippen LogP contribution < -0.4 is 5.32 Å². The molecule has 0 saturated heterocycles. The molecule has 1 aromatic carbocycles. The molecule has 1 aromatic rings. The summed E-state index contributed by atoms with van der Waals surface area (Å²) in [5, 5.41) is 2.91. The van der Waals surface area contributed by atoms with Gasteiger partial charge in [-0.3, -0.25) is 4.55 Å². The maximum atomic E-state index is 10.4. The molecule has 1 radical (unpaired) electrons. The molecule has 0 saturated carbocycles. The number of hydrogen-bond donors (Lipinski definition) is 2. The van der Waals surface area contributed by atoms with Gasteiger partial charge in [0.1, 0.15) is 0 Å². The van der Waals surface area contributed by atoms with Crippen molar-refractivity contribution in [2.24, 2.45) is 0 Å². The zero-order chi connectivity index (χ0) is 11.3. The van der Waals surface area contributed by atoms with Crippen LogP contribution in [0.15, 0.2) is 30.3 Å².